The van der Waals surface area contributed by atoms with Crippen molar-refractivity contribution in [3.8, 4) is 15.6 Å². The molecule has 1 aromatic carbocycles. The van der Waals surface area contributed by atoms with Crippen LogP contribution in [0.5, 0.6) is 5.75 Å². The van der Waals surface area contributed by atoms with Gasteiger partial charge in [-0.15, -0.1) is 21.5 Å². The predicted molar refractivity (Wildman–Crippen MR) is 86.0 cm³/mol. The van der Waals surface area contributed by atoms with Crippen LogP contribution in [-0.2, 0) is 4.74 Å². The number of anilines is 2. The number of phenols is 1. The van der Waals surface area contributed by atoms with Crippen LogP contribution >= 0.6 is 22.7 Å². The van der Waals surface area contributed by atoms with Gasteiger partial charge in [-0.2, -0.15) is 0 Å². The van der Waals surface area contributed by atoms with E-state index in [-0.39, 0.29) is 11.3 Å². The van der Waals surface area contributed by atoms with Gasteiger partial charge in [0, 0.05) is 0 Å². The molecule has 0 bridgehead atoms. The lowest BCUT2D eigenvalue weighted by Crippen LogP contribution is -2.02. The number of hydrogen-bond acceptors (Lipinski definition) is 8. The minimum absolute atomic E-state index is 0.0931. The van der Waals surface area contributed by atoms with Crippen molar-refractivity contribution >= 4 is 39.5 Å². The summed E-state index contributed by atoms with van der Waals surface area (Å²) in [5.41, 5.74) is 0.465. The van der Waals surface area contributed by atoms with Gasteiger partial charge in [0.15, 0.2) is 10.8 Å². The number of rotatable bonds is 4. The molecule has 0 spiro atoms. The number of benzene rings is 1. The van der Waals surface area contributed by atoms with E-state index in [1.807, 2.05) is 17.5 Å². The molecule has 3 aromatic rings. The van der Waals surface area contributed by atoms with E-state index in [0.717, 1.165) is 9.88 Å². The Labute approximate surface area is 134 Å². The van der Waals surface area contributed by atoms with Crippen LogP contribution in [0.1, 0.15) is 10.4 Å². The Kier molecular flexibility index (Phi) is 4.03. The Hall–Kier alpha value is -2.45. The molecule has 3 rings (SSSR count). The molecule has 0 fully saturated rings. The highest BCUT2D eigenvalue weighted by atomic mass is 32.1. The predicted octanol–water partition coefficient (Wildman–Crippen LogP) is 3.50. The highest BCUT2D eigenvalue weighted by molar-refractivity contribution is 7.22. The lowest BCUT2D eigenvalue weighted by Gasteiger charge is -2.08. The summed E-state index contributed by atoms with van der Waals surface area (Å²) in [5.74, 6) is -0.778. The van der Waals surface area contributed by atoms with Crippen LogP contribution in [0.15, 0.2) is 35.7 Å². The molecule has 0 aliphatic heterocycles. The Bertz CT molecular complexity index is 800. The minimum atomic E-state index is -0.599. The zero-order valence-electron chi connectivity index (χ0n) is 11.4. The summed E-state index contributed by atoms with van der Waals surface area (Å²) in [5, 5.41) is 24.5. The highest BCUT2D eigenvalue weighted by Gasteiger charge is 2.16. The van der Waals surface area contributed by atoms with Gasteiger partial charge in [-0.25, -0.2) is 4.79 Å². The third-order valence-corrected chi connectivity index (χ3v) is 4.72. The molecule has 0 amide bonds. The molecule has 2 heterocycles. The van der Waals surface area contributed by atoms with E-state index in [4.69, 9.17) is 0 Å². The number of hydrogen-bond donors (Lipinski definition) is 2. The average Bonchev–Trinajstić information content (AvgIpc) is 3.19. The SMILES string of the molecule is COC(=O)c1cccc(Nc2nnc(-c3cccs3)s2)c1O. The zero-order valence-corrected chi connectivity index (χ0v) is 13.1. The van der Waals surface area contributed by atoms with Gasteiger partial charge < -0.3 is 15.2 Å². The average molecular weight is 333 g/mol. The molecular formula is C14H11N3O3S2. The summed E-state index contributed by atoms with van der Waals surface area (Å²) in [7, 11) is 1.26. The normalized spacial score (nSPS) is 10.4. The number of nitrogens with zero attached hydrogens (tertiary/aromatic N) is 2. The van der Waals surface area contributed by atoms with E-state index in [1.165, 1.54) is 24.5 Å². The topological polar surface area (TPSA) is 84.3 Å². The van der Waals surface area contributed by atoms with Crippen molar-refractivity contribution in [1.82, 2.24) is 10.2 Å². The number of aromatic hydroxyl groups is 1. The van der Waals surface area contributed by atoms with Crippen LogP contribution in [0, 0.1) is 0 Å². The Morgan fingerprint density at radius 1 is 1.27 bits per heavy atom. The van der Waals surface area contributed by atoms with Crippen molar-refractivity contribution in [3.05, 3.63) is 41.3 Å². The molecule has 0 unspecified atom stereocenters. The number of nitrogens with one attached hydrogen (secondary N) is 1. The van der Waals surface area contributed by atoms with E-state index in [2.05, 4.69) is 20.3 Å². The maximum atomic E-state index is 11.6. The van der Waals surface area contributed by atoms with E-state index in [0.29, 0.717) is 10.8 Å². The maximum Gasteiger partial charge on any atom is 0.341 e. The van der Waals surface area contributed by atoms with E-state index in [9.17, 15) is 9.90 Å². The van der Waals surface area contributed by atoms with Crippen molar-refractivity contribution in [1.29, 1.82) is 0 Å². The van der Waals surface area contributed by atoms with Gasteiger partial charge in [0.25, 0.3) is 0 Å². The third-order valence-electron chi connectivity index (χ3n) is 2.84. The molecule has 0 radical (unpaired) electrons. The van der Waals surface area contributed by atoms with E-state index in [1.54, 1.807) is 23.5 Å². The van der Waals surface area contributed by atoms with Gasteiger partial charge in [0.1, 0.15) is 5.56 Å². The van der Waals surface area contributed by atoms with E-state index >= 15 is 0 Å². The highest BCUT2D eigenvalue weighted by Crippen LogP contribution is 2.34. The maximum absolute atomic E-state index is 11.6. The molecule has 8 heteroatoms. The first-order chi connectivity index (χ1) is 10.7. The number of carbonyl (C=O) groups is 1. The molecule has 0 aliphatic rings. The number of aromatic nitrogens is 2. The summed E-state index contributed by atoms with van der Waals surface area (Å²) in [6.07, 6.45) is 0. The zero-order chi connectivity index (χ0) is 15.5. The number of thiophene rings is 1. The fraction of sp³-hybridized carbons (Fsp3) is 0.0714. The van der Waals surface area contributed by atoms with Crippen LogP contribution in [0.3, 0.4) is 0 Å². The summed E-state index contributed by atoms with van der Waals surface area (Å²) >= 11 is 2.94. The smallest absolute Gasteiger partial charge is 0.341 e. The van der Waals surface area contributed by atoms with Crippen LogP contribution in [0.4, 0.5) is 10.8 Å². The van der Waals surface area contributed by atoms with Gasteiger partial charge in [0.2, 0.25) is 5.13 Å². The number of esters is 1. The van der Waals surface area contributed by atoms with Crippen LogP contribution in [-0.4, -0.2) is 28.4 Å². The lowest BCUT2D eigenvalue weighted by atomic mass is 10.1. The van der Waals surface area contributed by atoms with Gasteiger partial charge in [0.05, 0.1) is 17.7 Å². The molecule has 22 heavy (non-hydrogen) atoms. The fourth-order valence-electron chi connectivity index (χ4n) is 1.81. The van der Waals surface area contributed by atoms with Crippen molar-refractivity contribution in [2.75, 3.05) is 12.4 Å². The largest absolute Gasteiger partial charge is 0.505 e. The summed E-state index contributed by atoms with van der Waals surface area (Å²) in [6.45, 7) is 0. The standard InChI is InChI=1S/C14H11N3O3S2/c1-20-13(19)8-4-2-5-9(11(8)18)15-14-17-16-12(22-14)10-6-3-7-21-10/h2-7,18H,1H3,(H,15,17). The quantitative estimate of drug-likeness (QED) is 0.561. The monoisotopic (exact) mass is 333 g/mol. The number of phenolic OH excluding ortho intramolecular Hbond substituents is 1. The molecule has 2 N–H and O–H groups in total. The van der Waals surface area contributed by atoms with Crippen molar-refractivity contribution in [2.45, 2.75) is 0 Å². The molecular weight excluding hydrogens is 322 g/mol. The first-order valence-corrected chi connectivity index (χ1v) is 7.93. The minimum Gasteiger partial charge on any atom is -0.505 e. The van der Waals surface area contributed by atoms with Crippen molar-refractivity contribution in [3.63, 3.8) is 0 Å². The number of ether oxygens (including phenoxy) is 1. The second-order valence-corrected chi connectivity index (χ2v) is 6.13. The Morgan fingerprint density at radius 3 is 2.86 bits per heavy atom. The summed E-state index contributed by atoms with van der Waals surface area (Å²) in [4.78, 5) is 12.6. The number of para-hydroxylation sites is 1. The molecule has 0 saturated carbocycles. The molecule has 0 aliphatic carbocycles. The van der Waals surface area contributed by atoms with Crippen LogP contribution in [0.25, 0.3) is 9.88 Å². The lowest BCUT2D eigenvalue weighted by molar-refractivity contribution is 0.0597. The summed E-state index contributed by atoms with van der Waals surface area (Å²) in [6, 6.07) is 8.69. The van der Waals surface area contributed by atoms with Gasteiger partial charge in [-0.05, 0) is 23.6 Å². The number of methoxy groups -OCH3 is 1. The number of carbonyl (C=O) groups excluding carboxylic acids is 1. The van der Waals surface area contributed by atoms with Crippen LogP contribution < -0.4 is 5.32 Å². The first kappa shape index (κ1) is 14.5. The molecule has 2 aromatic heterocycles. The van der Waals surface area contributed by atoms with Crippen molar-refractivity contribution in [2.24, 2.45) is 0 Å². The van der Waals surface area contributed by atoms with Gasteiger partial charge in [-0.3, -0.25) is 0 Å². The summed E-state index contributed by atoms with van der Waals surface area (Å²) < 4.78 is 4.62. The second kappa shape index (κ2) is 6.12. The molecule has 112 valence electrons. The molecule has 0 atom stereocenters. The third kappa shape index (κ3) is 2.78. The van der Waals surface area contributed by atoms with Gasteiger partial charge in [-0.1, -0.05) is 23.5 Å². The van der Waals surface area contributed by atoms with Gasteiger partial charge >= 0.3 is 5.97 Å². The Balaban J connectivity index is 1.86. The molecule has 6 nitrogen and oxygen atoms in total. The molecule has 0 saturated heterocycles. The Morgan fingerprint density at radius 2 is 2.14 bits per heavy atom. The fourth-order valence-corrected chi connectivity index (χ4v) is 3.36. The van der Waals surface area contributed by atoms with Crippen molar-refractivity contribution < 1.29 is 14.6 Å². The van der Waals surface area contributed by atoms with Crippen LogP contribution in [0.2, 0.25) is 0 Å². The van der Waals surface area contributed by atoms with E-state index < -0.39 is 5.97 Å². The first-order valence-electron chi connectivity index (χ1n) is 6.23. The second-order valence-electron chi connectivity index (χ2n) is 4.21.